The van der Waals surface area contributed by atoms with Crippen LogP contribution in [0.5, 0.6) is 11.5 Å². The molecule has 9 heteroatoms. The maximum absolute atomic E-state index is 12.5. The average Bonchev–Trinajstić information content (AvgIpc) is 3.46. The molecule has 4 rings (SSSR count). The van der Waals surface area contributed by atoms with Gasteiger partial charge in [-0.25, -0.2) is 9.79 Å². The Morgan fingerprint density at radius 3 is 2.66 bits per heavy atom. The van der Waals surface area contributed by atoms with Crippen molar-refractivity contribution >= 4 is 40.6 Å². The molecule has 2 aromatic carbocycles. The minimum atomic E-state index is -0.553. The molecule has 0 radical (unpaired) electrons. The molecule has 2 heterocycles. The second-order valence-electron chi connectivity index (χ2n) is 7.73. The predicted molar refractivity (Wildman–Crippen MR) is 134 cm³/mol. The van der Waals surface area contributed by atoms with Gasteiger partial charge in [-0.1, -0.05) is 23.8 Å². The summed E-state index contributed by atoms with van der Waals surface area (Å²) in [5.74, 6) is 0.790. The third kappa shape index (κ3) is 5.75. The number of esters is 1. The van der Waals surface area contributed by atoms with Gasteiger partial charge in [0.25, 0.3) is 5.91 Å². The van der Waals surface area contributed by atoms with Gasteiger partial charge in [0, 0.05) is 0 Å². The first-order chi connectivity index (χ1) is 16.9. The van der Waals surface area contributed by atoms with Crippen LogP contribution in [0, 0.1) is 13.8 Å². The van der Waals surface area contributed by atoms with E-state index >= 15 is 0 Å². The Bertz CT molecular complexity index is 1340. The monoisotopic (exact) mass is 492 g/mol. The fourth-order valence-corrected chi connectivity index (χ4v) is 4.21. The number of furan rings is 1. The van der Waals surface area contributed by atoms with Gasteiger partial charge in [0.2, 0.25) is 5.76 Å². The second kappa shape index (κ2) is 10.5. The van der Waals surface area contributed by atoms with Crippen molar-refractivity contribution in [3.63, 3.8) is 0 Å². The Morgan fingerprint density at radius 1 is 1.09 bits per heavy atom. The molecule has 1 N–H and O–H groups in total. The van der Waals surface area contributed by atoms with Gasteiger partial charge in [-0.3, -0.25) is 4.79 Å². The first-order valence-corrected chi connectivity index (χ1v) is 11.5. The summed E-state index contributed by atoms with van der Waals surface area (Å²) in [5.41, 5.74) is 3.79. The van der Waals surface area contributed by atoms with Crippen LogP contribution in [-0.4, -0.2) is 31.3 Å². The smallest absolute Gasteiger partial charge is 0.373 e. The van der Waals surface area contributed by atoms with Gasteiger partial charge in [-0.2, -0.15) is 0 Å². The molecule has 0 saturated carbocycles. The quantitative estimate of drug-likeness (QED) is 0.359. The van der Waals surface area contributed by atoms with Crippen LogP contribution in [-0.2, 0) is 16.1 Å². The van der Waals surface area contributed by atoms with E-state index in [1.165, 1.54) is 32.0 Å². The molecule has 1 fully saturated rings. The van der Waals surface area contributed by atoms with Gasteiger partial charge < -0.3 is 23.9 Å². The molecular formula is C26H24N2O6S. The largest absolute Gasteiger partial charge is 0.493 e. The van der Waals surface area contributed by atoms with E-state index in [2.05, 4.69) is 21.1 Å². The number of rotatable bonds is 7. The predicted octanol–water partition coefficient (Wildman–Crippen LogP) is 5.16. The number of thioether (sulfide) groups is 1. The first-order valence-electron chi connectivity index (χ1n) is 10.7. The van der Waals surface area contributed by atoms with Crippen LogP contribution < -0.4 is 14.8 Å². The van der Waals surface area contributed by atoms with Gasteiger partial charge >= 0.3 is 5.97 Å². The highest BCUT2D eigenvalue weighted by atomic mass is 32.2. The van der Waals surface area contributed by atoms with Crippen LogP contribution in [0.2, 0.25) is 0 Å². The fraction of sp³-hybridized carbons (Fsp3) is 0.192. The standard InChI is InChI=1S/C26H24N2O6S/c1-15-5-8-19(16(2)11-15)27-26-28-24(29)23(35-26)13-17-6-9-20(22(12-17)31-3)33-14-18-7-10-21(34-18)25(30)32-4/h5-13H,14H2,1-4H3,(H,27,28,29)/b23-13+. The summed E-state index contributed by atoms with van der Waals surface area (Å²) in [6.45, 7) is 4.12. The number of hydrogen-bond donors (Lipinski definition) is 1. The van der Waals surface area contributed by atoms with Crippen molar-refractivity contribution in [1.29, 1.82) is 0 Å². The molecule has 0 spiro atoms. The number of amides is 1. The van der Waals surface area contributed by atoms with E-state index in [1.54, 1.807) is 24.3 Å². The van der Waals surface area contributed by atoms with Crippen molar-refractivity contribution < 1.29 is 28.2 Å². The summed E-state index contributed by atoms with van der Waals surface area (Å²) in [6, 6.07) is 14.5. The van der Waals surface area contributed by atoms with Crippen molar-refractivity contribution in [2.75, 3.05) is 14.2 Å². The van der Waals surface area contributed by atoms with E-state index < -0.39 is 5.97 Å². The molecule has 0 aliphatic carbocycles. The van der Waals surface area contributed by atoms with E-state index in [0.29, 0.717) is 27.3 Å². The lowest BCUT2D eigenvalue weighted by molar-refractivity contribution is -0.115. The number of hydrogen-bond acceptors (Lipinski definition) is 8. The third-order valence-electron chi connectivity index (χ3n) is 5.13. The zero-order valence-corrected chi connectivity index (χ0v) is 20.5. The summed E-state index contributed by atoms with van der Waals surface area (Å²) in [5, 5.41) is 3.35. The number of aryl methyl sites for hydroxylation is 2. The lowest BCUT2D eigenvalue weighted by Crippen LogP contribution is -2.19. The Hall–Kier alpha value is -3.98. The Balaban J connectivity index is 1.47. The van der Waals surface area contributed by atoms with Crippen molar-refractivity contribution in [2.45, 2.75) is 20.5 Å². The molecule has 1 aliphatic rings. The van der Waals surface area contributed by atoms with Gasteiger partial charge in [-0.05, 0) is 73.1 Å². The van der Waals surface area contributed by atoms with Gasteiger partial charge in [0.1, 0.15) is 12.4 Å². The highest BCUT2D eigenvalue weighted by Crippen LogP contribution is 2.33. The normalized spacial score (nSPS) is 15.4. The van der Waals surface area contributed by atoms with E-state index in [9.17, 15) is 9.59 Å². The maximum atomic E-state index is 12.5. The summed E-state index contributed by atoms with van der Waals surface area (Å²) in [4.78, 5) is 29.1. The number of amidine groups is 1. The molecule has 1 aromatic heterocycles. The minimum absolute atomic E-state index is 0.101. The molecular weight excluding hydrogens is 468 g/mol. The highest BCUT2D eigenvalue weighted by Gasteiger charge is 2.24. The Labute approximate surface area is 207 Å². The van der Waals surface area contributed by atoms with E-state index in [0.717, 1.165) is 22.4 Å². The fourth-order valence-electron chi connectivity index (χ4n) is 3.38. The van der Waals surface area contributed by atoms with Gasteiger partial charge in [0.05, 0.1) is 24.8 Å². The van der Waals surface area contributed by atoms with E-state index in [1.807, 2.05) is 32.0 Å². The molecule has 0 unspecified atom stereocenters. The Kier molecular flexibility index (Phi) is 7.26. The van der Waals surface area contributed by atoms with E-state index in [-0.39, 0.29) is 18.3 Å². The van der Waals surface area contributed by atoms with Crippen LogP contribution >= 0.6 is 11.8 Å². The second-order valence-corrected chi connectivity index (χ2v) is 8.76. The van der Waals surface area contributed by atoms with Crippen molar-refractivity contribution in [3.05, 3.63) is 81.6 Å². The lowest BCUT2D eigenvalue weighted by atomic mass is 10.1. The molecule has 35 heavy (non-hydrogen) atoms. The minimum Gasteiger partial charge on any atom is -0.493 e. The molecule has 1 saturated heterocycles. The number of nitrogens with zero attached hydrogens (tertiary/aromatic N) is 1. The van der Waals surface area contributed by atoms with Crippen LogP contribution in [0.4, 0.5) is 5.69 Å². The van der Waals surface area contributed by atoms with Crippen molar-refractivity contribution in [2.24, 2.45) is 4.99 Å². The number of carbonyl (C=O) groups excluding carboxylic acids is 2. The van der Waals surface area contributed by atoms with Crippen LogP contribution in [0.1, 0.15) is 33.0 Å². The molecule has 1 amide bonds. The van der Waals surface area contributed by atoms with Crippen molar-refractivity contribution in [1.82, 2.24) is 5.32 Å². The number of benzene rings is 2. The topological polar surface area (TPSA) is 99.4 Å². The number of carbonyl (C=O) groups is 2. The highest BCUT2D eigenvalue weighted by molar-refractivity contribution is 8.18. The summed E-state index contributed by atoms with van der Waals surface area (Å²) in [7, 11) is 2.82. The molecule has 0 atom stereocenters. The number of aliphatic imine (C=N–C) groups is 1. The lowest BCUT2D eigenvalue weighted by Gasteiger charge is -2.10. The maximum Gasteiger partial charge on any atom is 0.373 e. The van der Waals surface area contributed by atoms with Crippen LogP contribution in [0.3, 0.4) is 0 Å². The molecule has 180 valence electrons. The van der Waals surface area contributed by atoms with Gasteiger partial charge in [-0.15, -0.1) is 0 Å². The third-order valence-corrected chi connectivity index (χ3v) is 6.04. The molecule has 0 bridgehead atoms. The van der Waals surface area contributed by atoms with E-state index in [4.69, 9.17) is 13.9 Å². The Morgan fingerprint density at radius 2 is 1.91 bits per heavy atom. The molecule has 1 aliphatic heterocycles. The first kappa shape index (κ1) is 24.2. The zero-order valence-electron chi connectivity index (χ0n) is 19.7. The van der Waals surface area contributed by atoms with Crippen molar-refractivity contribution in [3.8, 4) is 11.5 Å². The number of methoxy groups -OCH3 is 2. The summed E-state index contributed by atoms with van der Waals surface area (Å²) >= 11 is 1.28. The number of ether oxygens (including phenoxy) is 3. The van der Waals surface area contributed by atoms with Gasteiger partial charge in [0.15, 0.2) is 16.7 Å². The van der Waals surface area contributed by atoms with Crippen LogP contribution in [0.15, 0.2) is 62.8 Å². The zero-order chi connectivity index (χ0) is 24.9. The van der Waals surface area contributed by atoms with Crippen LogP contribution in [0.25, 0.3) is 6.08 Å². The molecule has 8 nitrogen and oxygen atoms in total. The molecule has 3 aromatic rings. The SMILES string of the molecule is COC(=O)c1ccc(COc2ccc(/C=C3/SC(=Nc4ccc(C)cc4C)NC3=O)cc2OC)o1. The number of nitrogens with one attached hydrogen (secondary N) is 1. The summed E-state index contributed by atoms with van der Waals surface area (Å²) < 4.78 is 21.3. The summed E-state index contributed by atoms with van der Waals surface area (Å²) in [6.07, 6.45) is 1.77. The average molecular weight is 493 g/mol.